The number of rotatable bonds is 12. The molecule has 0 saturated heterocycles. The second kappa shape index (κ2) is 12.2. The SMILES string of the molecule is C=C/C=C(\C=C)c1cccc(CCc2ccc(CNCCNC)c(CC)n2)c1C. The van der Waals surface area contributed by atoms with Gasteiger partial charge in [0.2, 0.25) is 0 Å². The molecule has 0 atom stereocenters. The fraction of sp³-hybridized carbons (Fsp3) is 0.346. The van der Waals surface area contributed by atoms with E-state index in [0.29, 0.717) is 0 Å². The van der Waals surface area contributed by atoms with Crippen molar-refractivity contribution in [2.24, 2.45) is 0 Å². The molecule has 29 heavy (non-hydrogen) atoms. The van der Waals surface area contributed by atoms with Gasteiger partial charge in [-0.15, -0.1) is 0 Å². The maximum atomic E-state index is 4.94. The molecule has 1 aromatic heterocycles. The van der Waals surface area contributed by atoms with Crippen LogP contribution in [0.25, 0.3) is 5.57 Å². The van der Waals surface area contributed by atoms with Crippen LogP contribution in [-0.2, 0) is 25.8 Å². The average molecular weight is 390 g/mol. The third kappa shape index (κ3) is 6.52. The van der Waals surface area contributed by atoms with E-state index in [0.717, 1.165) is 50.2 Å². The molecular formula is C26H35N3. The van der Waals surface area contributed by atoms with E-state index in [1.165, 1.54) is 27.9 Å². The van der Waals surface area contributed by atoms with Gasteiger partial charge < -0.3 is 10.6 Å². The van der Waals surface area contributed by atoms with E-state index in [9.17, 15) is 0 Å². The molecule has 0 spiro atoms. The van der Waals surface area contributed by atoms with Gasteiger partial charge in [0.15, 0.2) is 0 Å². The zero-order chi connectivity index (χ0) is 21.1. The summed E-state index contributed by atoms with van der Waals surface area (Å²) in [7, 11) is 1.97. The van der Waals surface area contributed by atoms with Crippen LogP contribution in [0.5, 0.6) is 0 Å². The molecule has 1 aromatic carbocycles. The van der Waals surface area contributed by atoms with E-state index in [1.54, 1.807) is 0 Å². The summed E-state index contributed by atoms with van der Waals surface area (Å²) in [5.74, 6) is 0. The molecule has 0 unspecified atom stereocenters. The molecule has 3 heteroatoms. The summed E-state index contributed by atoms with van der Waals surface area (Å²) in [6.45, 7) is 14.9. The highest BCUT2D eigenvalue weighted by Gasteiger charge is 2.09. The maximum absolute atomic E-state index is 4.94. The lowest BCUT2D eigenvalue weighted by atomic mass is 9.93. The van der Waals surface area contributed by atoms with E-state index in [2.05, 4.69) is 68.0 Å². The molecule has 0 bridgehead atoms. The van der Waals surface area contributed by atoms with E-state index in [1.807, 2.05) is 25.3 Å². The molecule has 154 valence electrons. The first-order valence-corrected chi connectivity index (χ1v) is 10.5. The predicted octanol–water partition coefficient (Wildman–Crippen LogP) is 4.80. The molecule has 0 radical (unpaired) electrons. The number of hydrogen-bond acceptors (Lipinski definition) is 3. The molecule has 2 rings (SSSR count). The smallest absolute Gasteiger partial charge is 0.0449 e. The minimum Gasteiger partial charge on any atom is -0.318 e. The zero-order valence-corrected chi connectivity index (χ0v) is 18.2. The van der Waals surface area contributed by atoms with Crippen molar-refractivity contribution < 1.29 is 0 Å². The molecule has 2 N–H and O–H groups in total. The third-order valence-electron chi connectivity index (χ3n) is 5.25. The second-order valence-electron chi connectivity index (χ2n) is 7.19. The van der Waals surface area contributed by atoms with Crippen LogP contribution in [0, 0.1) is 6.92 Å². The van der Waals surface area contributed by atoms with Crippen LogP contribution in [-0.4, -0.2) is 25.1 Å². The van der Waals surface area contributed by atoms with Crippen molar-refractivity contribution in [2.75, 3.05) is 20.1 Å². The van der Waals surface area contributed by atoms with Gasteiger partial charge in [0.25, 0.3) is 0 Å². The van der Waals surface area contributed by atoms with Gasteiger partial charge in [0.05, 0.1) is 0 Å². The molecule has 2 aromatic rings. The summed E-state index contributed by atoms with van der Waals surface area (Å²) in [5.41, 5.74) is 8.67. The summed E-state index contributed by atoms with van der Waals surface area (Å²) in [5, 5.41) is 6.63. The number of nitrogens with one attached hydrogen (secondary N) is 2. The Hall–Kier alpha value is -2.49. The first kappa shape index (κ1) is 22.8. The third-order valence-corrected chi connectivity index (χ3v) is 5.25. The Morgan fingerprint density at radius 1 is 1.07 bits per heavy atom. The van der Waals surface area contributed by atoms with Gasteiger partial charge in [-0.3, -0.25) is 4.98 Å². The van der Waals surface area contributed by atoms with Crippen molar-refractivity contribution in [1.82, 2.24) is 15.6 Å². The molecule has 1 heterocycles. The molecule has 0 amide bonds. The van der Waals surface area contributed by atoms with Gasteiger partial charge in [-0.05, 0) is 67.1 Å². The van der Waals surface area contributed by atoms with Crippen LogP contribution in [0.15, 0.2) is 61.7 Å². The molecular weight excluding hydrogens is 354 g/mol. The highest BCUT2D eigenvalue weighted by Crippen LogP contribution is 2.24. The molecule has 0 aliphatic carbocycles. The monoisotopic (exact) mass is 389 g/mol. The Balaban J connectivity index is 2.10. The van der Waals surface area contributed by atoms with E-state index in [-0.39, 0.29) is 0 Å². The van der Waals surface area contributed by atoms with Crippen LogP contribution in [0.2, 0.25) is 0 Å². The summed E-state index contributed by atoms with van der Waals surface area (Å²) in [6, 6.07) is 10.9. The number of pyridine rings is 1. The van der Waals surface area contributed by atoms with Crippen molar-refractivity contribution in [1.29, 1.82) is 0 Å². The fourth-order valence-corrected chi connectivity index (χ4v) is 3.54. The van der Waals surface area contributed by atoms with Gasteiger partial charge in [-0.25, -0.2) is 0 Å². The lowest BCUT2D eigenvalue weighted by Crippen LogP contribution is -2.25. The normalized spacial score (nSPS) is 11.5. The van der Waals surface area contributed by atoms with Crippen molar-refractivity contribution in [3.05, 3.63) is 95.4 Å². The lowest BCUT2D eigenvalue weighted by Gasteiger charge is -2.13. The summed E-state index contributed by atoms with van der Waals surface area (Å²) >= 11 is 0. The number of aryl methyl sites for hydroxylation is 3. The number of hydrogen-bond donors (Lipinski definition) is 2. The molecule has 3 nitrogen and oxygen atoms in total. The van der Waals surface area contributed by atoms with Gasteiger partial charge in [0, 0.05) is 31.0 Å². The predicted molar refractivity (Wildman–Crippen MR) is 126 cm³/mol. The highest BCUT2D eigenvalue weighted by molar-refractivity contribution is 5.77. The largest absolute Gasteiger partial charge is 0.318 e. The van der Waals surface area contributed by atoms with Gasteiger partial charge in [-0.2, -0.15) is 0 Å². The zero-order valence-electron chi connectivity index (χ0n) is 18.2. The van der Waals surface area contributed by atoms with Gasteiger partial charge >= 0.3 is 0 Å². The lowest BCUT2D eigenvalue weighted by molar-refractivity contribution is 0.645. The van der Waals surface area contributed by atoms with Crippen LogP contribution < -0.4 is 10.6 Å². The first-order valence-electron chi connectivity index (χ1n) is 10.5. The van der Waals surface area contributed by atoms with E-state index >= 15 is 0 Å². The van der Waals surface area contributed by atoms with Crippen molar-refractivity contribution >= 4 is 5.57 Å². The minimum atomic E-state index is 0.874. The van der Waals surface area contributed by atoms with Crippen molar-refractivity contribution in [3.63, 3.8) is 0 Å². The van der Waals surface area contributed by atoms with Crippen LogP contribution in [0.4, 0.5) is 0 Å². The molecule has 0 saturated carbocycles. The Morgan fingerprint density at radius 2 is 1.90 bits per heavy atom. The standard InChI is InChI=1S/C26H35N3/c1-6-10-21(7-2)25-12-9-11-22(20(25)4)13-15-24-16-14-23(26(8-3)29-24)19-28-18-17-27-5/h6-7,9-12,14,16,27-28H,1-2,8,13,15,17-19H2,3-5H3/b21-10+. The Kier molecular flexibility index (Phi) is 9.55. The summed E-state index contributed by atoms with van der Waals surface area (Å²) in [6.07, 6.45) is 8.60. The number of nitrogens with zero attached hydrogens (tertiary/aromatic N) is 1. The minimum absolute atomic E-state index is 0.874. The second-order valence-corrected chi connectivity index (χ2v) is 7.19. The summed E-state index contributed by atoms with van der Waals surface area (Å²) in [4.78, 5) is 4.94. The van der Waals surface area contributed by atoms with E-state index in [4.69, 9.17) is 4.98 Å². The Morgan fingerprint density at radius 3 is 2.59 bits per heavy atom. The number of benzene rings is 1. The van der Waals surface area contributed by atoms with Crippen LogP contribution in [0.3, 0.4) is 0 Å². The molecule has 0 aliphatic rings. The van der Waals surface area contributed by atoms with E-state index < -0.39 is 0 Å². The molecule has 0 aliphatic heterocycles. The fourth-order valence-electron chi connectivity index (χ4n) is 3.54. The maximum Gasteiger partial charge on any atom is 0.0449 e. The average Bonchev–Trinajstić information content (AvgIpc) is 2.75. The number of aromatic nitrogens is 1. The van der Waals surface area contributed by atoms with Gasteiger partial charge in [0.1, 0.15) is 0 Å². The molecule has 0 fully saturated rings. The van der Waals surface area contributed by atoms with Crippen molar-refractivity contribution in [3.8, 4) is 0 Å². The first-order chi connectivity index (χ1) is 14.1. The summed E-state index contributed by atoms with van der Waals surface area (Å²) < 4.78 is 0. The van der Waals surface area contributed by atoms with Crippen LogP contribution >= 0.6 is 0 Å². The van der Waals surface area contributed by atoms with Gasteiger partial charge in [-0.1, -0.05) is 62.6 Å². The Labute approximate surface area is 176 Å². The van der Waals surface area contributed by atoms with Crippen LogP contribution in [0.1, 0.15) is 40.6 Å². The topological polar surface area (TPSA) is 37.0 Å². The highest BCUT2D eigenvalue weighted by atomic mass is 14.9. The number of likely N-dealkylation sites (N-methyl/N-ethyl adjacent to an activating group) is 1. The van der Waals surface area contributed by atoms with Crippen molar-refractivity contribution in [2.45, 2.75) is 39.7 Å². The quantitative estimate of drug-likeness (QED) is 0.404. The number of allylic oxidation sites excluding steroid dienone is 4. The Bertz CT molecular complexity index is 849.